The standard InChI is InChI=1S/C24H27N2/c1-15(2)19-9-10-21-20-8-7-16(3)13-22(20)26(24(21)18(19)5)23-14-17(4)11-12-25(23)6/h7-15H,1-6H3/q+1. The Balaban J connectivity index is 2.26. The molecule has 0 N–H and O–H groups in total. The second kappa shape index (κ2) is 5.98. The molecule has 0 aliphatic heterocycles. The molecule has 0 fully saturated rings. The first-order valence-electron chi connectivity index (χ1n) is 9.39. The minimum atomic E-state index is 0.513. The van der Waals surface area contributed by atoms with Gasteiger partial charge in [0.05, 0.1) is 13.2 Å². The molecule has 0 atom stereocenters. The lowest BCUT2D eigenvalue weighted by Gasteiger charge is -2.11. The fraction of sp³-hybridized carbons (Fsp3) is 0.292. The molecule has 2 aromatic heterocycles. The molecule has 2 heteroatoms. The van der Waals surface area contributed by atoms with Crippen LogP contribution in [-0.2, 0) is 7.05 Å². The van der Waals surface area contributed by atoms with Crippen molar-refractivity contribution >= 4 is 21.8 Å². The van der Waals surface area contributed by atoms with Crippen LogP contribution in [0.4, 0.5) is 0 Å². The molecule has 4 aromatic rings. The van der Waals surface area contributed by atoms with E-state index in [1.165, 1.54) is 49.9 Å². The number of pyridine rings is 1. The Labute approximate surface area is 155 Å². The number of benzene rings is 2. The van der Waals surface area contributed by atoms with Crippen molar-refractivity contribution in [2.45, 2.75) is 40.5 Å². The van der Waals surface area contributed by atoms with Gasteiger partial charge in [0.2, 0.25) is 0 Å². The van der Waals surface area contributed by atoms with E-state index in [9.17, 15) is 0 Å². The van der Waals surface area contributed by atoms with Gasteiger partial charge in [-0.2, -0.15) is 4.57 Å². The number of aryl methyl sites for hydroxylation is 4. The summed E-state index contributed by atoms with van der Waals surface area (Å²) in [4.78, 5) is 0. The van der Waals surface area contributed by atoms with Gasteiger partial charge in [-0.1, -0.05) is 26.0 Å². The lowest BCUT2D eigenvalue weighted by molar-refractivity contribution is -0.665. The molecule has 132 valence electrons. The van der Waals surface area contributed by atoms with Gasteiger partial charge in [0, 0.05) is 22.4 Å². The quantitative estimate of drug-likeness (QED) is 0.415. The van der Waals surface area contributed by atoms with E-state index in [4.69, 9.17) is 0 Å². The molecule has 0 radical (unpaired) electrons. The highest BCUT2D eigenvalue weighted by atomic mass is 15.1. The largest absolute Gasteiger partial charge is 0.286 e. The Bertz CT molecular complexity index is 1150. The van der Waals surface area contributed by atoms with Crippen LogP contribution >= 0.6 is 0 Å². The van der Waals surface area contributed by atoms with E-state index in [0.29, 0.717) is 5.92 Å². The molecule has 26 heavy (non-hydrogen) atoms. The molecule has 0 unspecified atom stereocenters. The molecule has 2 heterocycles. The number of aromatic nitrogens is 2. The summed E-state index contributed by atoms with van der Waals surface area (Å²) in [5.41, 5.74) is 7.99. The van der Waals surface area contributed by atoms with Crippen LogP contribution in [0, 0.1) is 20.8 Å². The second-order valence-electron chi connectivity index (χ2n) is 7.86. The third-order valence-electron chi connectivity index (χ3n) is 5.51. The zero-order valence-electron chi connectivity index (χ0n) is 16.6. The smallest absolute Gasteiger partial charge is 0.237 e. The maximum absolute atomic E-state index is 2.45. The molecule has 0 saturated heterocycles. The van der Waals surface area contributed by atoms with E-state index in [2.05, 4.69) is 99.5 Å². The van der Waals surface area contributed by atoms with Gasteiger partial charge in [0.1, 0.15) is 11.0 Å². The average molecular weight is 343 g/mol. The summed E-state index contributed by atoms with van der Waals surface area (Å²) in [7, 11) is 2.13. The van der Waals surface area contributed by atoms with Crippen molar-refractivity contribution in [1.29, 1.82) is 0 Å². The molecular formula is C24H27N2+. The van der Waals surface area contributed by atoms with E-state index < -0.39 is 0 Å². The van der Waals surface area contributed by atoms with Gasteiger partial charge in [0.25, 0.3) is 5.82 Å². The highest BCUT2D eigenvalue weighted by Gasteiger charge is 2.24. The average Bonchev–Trinajstić information content (AvgIpc) is 2.91. The Kier molecular flexibility index (Phi) is 3.87. The van der Waals surface area contributed by atoms with Gasteiger partial charge in [-0.25, -0.2) is 4.57 Å². The predicted octanol–water partition coefficient (Wildman–Crippen LogP) is 5.66. The van der Waals surface area contributed by atoms with Crippen molar-refractivity contribution in [1.82, 2.24) is 4.57 Å². The van der Waals surface area contributed by atoms with Crippen LogP contribution in [0.25, 0.3) is 27.6 Å². The van der Waals surface area contributed by atoms with Crippen LogP contribution in [0.2, 0.25) is 0 Å². The minimum absolute atomic E-state index is 0.513. The summed E-state index contributed by atoms with van der Waals surface area (Å²) < 4.78 is 4.67. The first-order chi connectivity index (χ1) is 12.4. The van der Waals surface area contributed by atoms with Crippen molar-refractivity contribution < 1.29 is 4.57 Å². The zero-order valence-corrected chi connectivity index (χ0v) is 16.6. The molecule has 0 saturated carbocycles. The zero-order chi connectivity index (χ0) is 18.6. The molecule has 0 amide bonds. The molecule has 2 nitrogen and oxygen atoms in total. The molecule has 0 spiro atoms. The normalized spacial score (nSPS) is 11.8. The van der Waals surface area contributed by atoms with Crippen LogP contribution in [-0.4, -0.2) is 4.57 Å². The summed E-state index contributed by atoms with van der Waals surface area (Å²) in [6, 6.07) is 15.9. The van der Waals surface area contributed by atoms with Crippen molar-refractivity contribution in [3.63, 3.8) is 0 Å². The summed E-state index contributed by atoms with van der Waals surface area (Å²) in [6.45, 7) is 11.2. The van der Waals surface area contributed by atoms with Gasteiger partial charge in [-0.15, -0.1) is 0 Å². The van der Waals surface area contributed by atoms with Crippen LogP contribution in [0.3, 0.4) is 0 Å². The van der Waals surface area contributed by atoms with Gasteiger partial charge >= 0.3 is 0 Å². The van der Waals surface area contributed by atoms with E-state index in [0.717, 1.165) is 0 Å². The van der Waals surface area contributed by atoms with E-state index in [1.54, 1.807) is 0 Å². The minimum Gasteiger partial charge on any atom is -0.237 e. The number of fused-ring (bicyclic) bond motifs is 3. The van der Waals surface area contributed by atoms with E-state index in [1.807, 2.05) is 0 Å². The maximum atomic E-state index is 2.45. The second-order valence-corrected chi connectivity index (χ2v) is 7.86. The summed E-state index contributed by atoms with van der Waals surface area (Å²) in [5.74, 6) is 1.72. The third-order valence-corrected chi connectivity index (χ3v) is 5.51. The van der Waals surface area contributed by atoms with E-state index in [-0.39, 0.29) is 0 Å². The Morgan fingerprint density at radius 3 is 2.27 bits per heavy atom. The van der Waals surface area contributed by atoms with Crippen LogP contribution in [0.15, 0.2) is 48.7 Å². The lowest BCUT2D eigenvalue weighted by Crippen LogP contribution is -2.33. The van der Waals surface area contributed by atoms with Crippen LogP contribution in [0.1, 0.15) is 42.0 Å². The summed E-state index contributed by atoms with van der Waals surface area (Å²) in [5, 5.41) is 2.66. The number of hydrogen-bond acceptors (Lipinski definition) is 0. The summed E-state index contributed by atoms with van der Waals surface area (Å²) >= 11 is 0. The highest BCUT2D eigenvalue weighted by molar-refractivity contribution is 6.10. The molecule has 0 aliphatic carbocycles. The Morgan fingerprint density at radius 2 is 1.54 bits per heavy atom. The fourth-order valence-corrected chi connectivity index (χ4v) is 4.14. The van der Waals surface area contributed by atoms with Gasteiger partial charge in [0.15, 0.2) is 0 Å². The molecular weight excluding hydrogens is 316 g/mol. The third kappa shape index (κ3) is 2.44. The molecule has 2 aromatic carbocycles. The van der Waals surface area contributed by atoms with Gasteiger partial charge in [-0.05, 0) is 67.6 Å². The highest BCUT2D eigenvalue weighted by Crippen LogP contribution is 2.36. The summed E-state index contributed by atoms with van der Waals surface area (Å²) in [6.07, 6.45) is 2.15. The first-order valence-corrected chi connectivity index (χ1v) is 9.39. The Hall–Kier alpha value is -2.61. The number of nitrogens with zero attached hydrogens (tertiary/aromatic N) is 2. The van der Waals surface area contributed by atoms with Crippen molar-refractivity contribution in [3.8, 4) is 5.82 Å². The van der Waals surface area contributed by atoms with Crippen molar-refractivity contribution in [3.05, 3.63) is 70.9 Å². The topological polar surface area (TPSA) is 8.81 Å². The van der Waals surface area contributed by atoms with Gasteiger partial charge in [-0.3, -0.25) is 0 Å². The molecule has 0 aliphatic rings. The van der Waals surface area contributed by atoms with Gasteiger partial charge < -0.3 is 0 Å². The van der Waals surface area contributed by atoms with Crippen molar-refractivity contribution in [2.75, 3.05) is 0 Å². The maximum Gasteiger partial charge on any atom is 0.286 e. The lowest BCUT2D eigenvalue weighted by atomic mass is 9.95. The SMILES string of the molecule is Cc1cc[n+](C)c(-n2c3cc(C)ccc3c3ccc(C(C)C)c(C)c32)c1. The fourth-order valence-electron chi connectivity index (χ4n) is 4.14. The number of rotatable bonds is 2. The monoisotopic (exact) mass is 343 g/mol. The molecule has 4 rings (SSSR count). The number of hydrogen-bond donors (Lipinski definition) is 0. The van der Waals surface area contributed by atoms with Crippen LogP contribution in [0.5, 0.6) is 0 Å². The van der Waals surface area contributed by atoms with E-state index >= 15 is 0 Å². The Morgan fingerprint density at radius 1 is 0.846 bits per heavy atom. The van der Waals surface area contributed by atoms with Crippen molar-refractivity contribution in [2.24, 2.45) is 7.05 Å². The van der Waals surface area contributed by atoms with Crippen LogP contribution < -0.4 is 4.57 Å². The predicted molar refractivity (Wildman–Crippen MR) is 110 cm³/mol. The molecule has 0 bridgehead atoms. The first kappa shape index (κ1) is 16.8.